The van der Waals surface area contributed by atoms with Crippen molar-refractivity contribution in [2.45, 2.75) is 19.8 Å². The fourth-order valence-corrected chi connectivity index (χ4v) is 1.28. The molecule has 0 atom stereocenters. The van der Waals surface area contributed by atoms with Crippen LogP contribution in [0.2, 0.25) is 0 Å². The first-order chi connectivity index (χ1) is 5.25. The second kappa shape index (κ2) is 3.90. The van der Waals surface area contributed by atoms with Gasteiger partial charge in [0.2, 0.25) is 5.88 Å². The predicted molar refractivity (Wildman–Crippen MR) is 53.0 cm³/mol. The summed E-state index contributed by atoms with van der Waals surface area (Å²) in [5.41, 5.74) is 1.15. The van der Waals surface area contributed by atoms with Crippen LogP contribution in [0.25, 0.3) is 0 Å². The van der Waals surface area contributed by atoms with Crippen LogP contribution in [-0.2, 0) is 0 Å². The molecule has 0 radical (unpaired) electrons. The molecule has 0 spiro atoms. The molecule has 11 heavy (non-hydrogen) atoms. The van der Waals surface area contributed by atoms with E-state index in [4.69, 9.17) is 3.07 Å². The van der Waals surface area contributed by atoms with Gasteiger partial charge in [0, 0.05) is 11.8 Å². The van der Waals surface area contributed by atoms with E-state index in [0.717, 1.165) is 11.4 Å². The van der Waals surface area contributed by atoms with Crippen LogP contribution >= 0.6 is 23.0 Å². The Bertz CT molecular complexity index is 237. The highest BCUT2D eigenvalue weighted by Crippen LogP contribution is 2.24. The van der Waals surface area contributed by atoms with Gasteiger partial charge in [0.25, 0.3) is 0 Å². The number of rotatable bonds is 2. The standard InChI is InChI=1S/C8H10INO/c1-6(2)7-4-3-5-10-8(7)11-9/h3-6H,1-2H3. The highest BCUT2D eigenvalue weighted by molar-refractivity contribution is 14.1. The molecule has 0 unspecified atom stereocenters. The molecule has 0 bridgehead atoms. The lowest BCUT2D eigenvalue weighted by atomic mass is 10.1. The number of pyridine rings is 1. The van der Waals surface area contributed by atoms with Crippen molar-refractivity contribution >= 4 is 23.0 Å². The predicted octanol–water partition coefficient (Wildman–Crippen LogP) is 2.93. The van der Waals surface area contributed by atoms with E-state index >= 15 is 0 Å². The Morgan fingerprint density at radius 3 is 2.73 bits per heavy atom. The number of hydrogen-bond donors (Lipinski definition) is 0. The van der Waals surface area contributed by atoms with Crippen LogP contribution in [0.3, 0.4) is 0 Å². The summed E-state index contributed by atoms with van der Waals surface area (Å²) in [6, 6.07) is 3.96. The van der Waals surface area contributed by atoms with Gasteiger partial charge in [-0.2, -0.15) is 0 Å². The molecule has 2 nitrogen and oxygen atoms in total. The van der Waals surface area contributed by atoms with Gasteiger partial charge in [-0.05, 0) is 12.0 Å². The number of aromatic nitrogens is 1. The zero-order chi connectivity index (χ0) is 8.27. The molecular formula is C8H10INO. The van der Waals surface area contributed by atoms with Gasteiger partial charge in [-0.3, -0.25) is 0 Å². The Balaban J connectivity index is 3.02. The lowest BCUT2D eigenvalue weighted by Crippen LogP contribution is -1.92. The Morgan fingerprint density at radius 1 is 1.55 bits per heavy atom. The summed E-state index contributed by atoms with van der Waals surface area (Å²) in [4.78, 5) is 4.09. The fraction of sp³-hybridized carbons (Fsp3) is 0.375. The van der Waals surface area contributed by atoms with Gasteiger partial charge in [0.1, 0.15) is 0 Å². The second-order valence-electron chi connectivity index (χ2n) is 2.63. The summed E-state index contributed by atoms with van der Waals surface area (Å²) in [5, 5.41) is 0. The van der Waals surface area contributed by atoms with Crippen molar-refractivity contribution in [1.29, 1.82) is 0 Å². The van der Waals surface area contributed by atoms with Crippen LogP contribution < -0.4 is 3.07 Å². The molecule has 60 valence electrons. The maximum atomic E-state index is 5.07. The van der Waals surface area contributed by atoms with Gasteiger partial charge in [0.05, 0.1) is 0 Å². The molecule has 3 heteroatoms. The molecule has 1 aromatic heterocycles. The minimum atomic E-state index is 0.466. The Hall–Kier alpha value is -0.320. The van der Waals surface area contributed by atoms with Gasteiger partial charge < -0.3 is 3.07 Å². The molecule has 0 fully saturated rings. The normalized spacial score (nSPS) is 10.2. The van der Waals surface area contributed by atoms with Crippen LogP contribution in [0, 0.1) is 0 Å². The van der Waals surface area contributed by atoms with E-state index in [2.05, 4.69) is 18.8 Å². The highest BCUT2D eigenvalue weighted by Gasteiger charge is 2.06. The first kappa shape index (κ1) is 8.77. The van der Waals surface area contributed by atoms with Gasteiger partial charge in [0.15, 0.2) is 23.0 Å². The minimum absolute atomic E-state index is 0.466. The van der Waals surface area contributed by atoms with Gasteiger partial charge in [-0.1, -0.05) is 19.9 Å². The van der Waals surface area contributed by atoms with Crippen LogP contribution in [0.5, 0.6) is 5.88 Å². The molecular weight excluding hydrogens is 253 g/mol. The first-order valence-corrected chi connectivity index (χ1v) is 4.37. The van der Waals surface area contributed by atoms with E-state index in [-0.39, 0.29) is 0 Å². The lowest BCUT2D eigenvalue weighted by molar-refractivity contribution is 0.651. The van der Waals surface area contributed by atoms with Crippen molar-refractivity contribution in [3.63, 3.8) is 0 Å². The average Bonchev–Trinajstić information content (AvgIpc) is 2.04. The van der Waals surface area contributed by atoms with Crippen molar-refractivity contribution in [2.75, 3.05) is 0 Å². The molecule has 0 saturated carbocycles. The van der Waals surface area contributed by atoms with E-state index in [1.165, 1.54) is 0 Å². The van der Waals surface area contributed by atoms with Gasteiger partial charge >= 0.3 is 0 Å². The molecule has 1 heterocycles. The van der Waals surface area contributed by atoms with E-state index in [9.17, 15) is 0 Å². The third kappa shape index (κ3) is 2.05. The molecule has 1 aromatic rings. The third-order valence-corrected chi connectivity index (χ3v) is 1.91. The van der Waals surface area contributed by atoms with Gasteiger partial charge in [-0.25, -0.2) is 4.98 Å². The van der Waals surface area contributed by atoms with Crippen LogP contribution in [0.15, 0.2) is 18.3 Å². The first-order valence-electron chi connectivity index (χ1n) is 3.49. The van der Waals surface area contributed by atoms with Crippen molar-refractivity contribution in [3.05, 3.63) is 23.9 Å². The Morgan fingerprint density at radius 2 is 2.27 bits per heavy atom. The number of hydrogen-bond acceptors (Lipinski definition) is 2. The summed E-state index contributed by atoms with van der Waals surface area (Å²) in [6.45, 7) is 4.24. The number of halogens is 1. The van der Waals surface area contributed by atoms with E-state index < -0.39 is 0 Å². The van der Waals surface area contributed by atoms with Gasteiger partial charge in [-0.15, -0.1) is 0 Å². The van der Waals surface area contributed by atoms with Crippen LogP contribution in [0.1, 0.15) is 25.3 Å². The molecule has 0 saturated heterocycles. The summed E-state index contributed by atoms with van der Waals surface area (Å²) in [7, 11) is 0. The van der Waals surface area contributed by atoms with Crippen molar-refractivity contribution < 1.29 is 3.07 Å². The summed E-state index contributed by atoms with van der Waals surface area (Å²) >= 11 is 1.85. The second-order valence-corrected chi connectivity index (χ2v) is 3.07. The maximum Gasteiger partial charge on any atom is 0.228 e. The summed E-state index contributed by atoms with van der Waals surface area (Å²) in [5.74, 6) is 1.19. The molecule has 1 rings (SSSR count). The average molecular weight is 263 g/mol. The molecule has 0 aliphatic carbocycles. The van der Waals surface area contributed by atoms with Crippen molar-refractivity contribution in [2.24, 2.45) is 0 Å². The lowest BCUT2D eigenvalue weighted by Gasteiger charge is -2.07. The van der Waals surface area contributed by atoms with E-state index in [1.807, 2.05) is 35.1 Å². The molecule has 0 amide bonds. The Labute approximate surface area is 80.7 Å². The minimum Gasteiger partial charge on any atom is -0.408 e. The fourth-order valence-electron chi connectivity index (χ4n) is 0.907. The third-order valence-electron chi connectivity index (χ3n) is 1.50. The zero-order valence-electron chi connectivity index (χ0n) is 6.54. The van der Waals surface area contributed by atoms with Crippen LogP contribution in [0.4, 0.5) is 0 Å². The SMILES string of the molecule is CC(C)c1cccnc1OI. The van der Waals surface area contributed by atoms with Crippen molar-refractivity contribution in [3.8, 4) is 5.88 Å². The van der Waals surface area contributed by atoms with Crippen LogP contribution in [-0.4, -0.2) is 4.98 Å². The summed E-state index contributed by atoms with van der Waals surface area (Å²) in [6.07, 6.45) is 1.74. The summed E-state index contributed by atoms with van der Waals surface area (Å²) < 4.78 is 5.07. The maximum absolute atomic E-state index is 5.07. The van der Waals surface area contributed by atoms with E-state index in [0.29, 0.717) is 5.92 Å². The Kier molecular flexibility index (Phi) is 3.11. The highest BCUT2D eigenvalue weighted by atomic mass is 127. The van der Waals surface area contributed by atoms with Crippen molar-refractivity contribution in [1.82, 2.24) is 4.98 Å². The monoisotopic (exact) mass is 263 g/mol. The molecule has 0 aliphatic rings. The largest absolute Gasteiger partial charge is 0.408 e. The molecule has 0 aliphatic heterocycles. The van der Waals surface area contributed by atoms with E-state index in [1.54, 1.807) is 6.20 Å². The smallest absolute Gasteiger partial charge is 0.228 e. The zero-order valence-corrected chi connectivity index (χ0v) is 8.70. The topological polar surface area (TPSA) is 22.1 Å². The quantitative estimate of drug-likeness (QED) is 0.765. The molecule has 0 aromatic carbocycles. The number of nitrogens with zero attached hydrogens (tertiary/aromatic N) is 1. The molecule has 0 N–H and O–H groups in total.